The molecule has 0 aliphatic rings. The van der Waals surface area contributed by atoms with Gasteiger partial charge in [0.25, 0.3) is 0 Å². The molecule has 0 amide bonds. The first-order chi connectivity index (χ1) is 14.7. The lowest BCUT2D eigenvalue weighted by Crippen LogP contribution is -2.41. The van der Waals surface area contributed by atoms with Gasteiger partial charge in [-0.15, -0.1) is 0 Å². The average Bonchev–Trinajstić information content (AvgIpc) is 3.34. The fraction of sp³-hybridized carbons (Fsp3) is 0.318. The van der Waals surface area contributed by atoms with Gasteiger partial charge >= 0.3 is 0 Å². The Kier molecular flexibility index (Phi) is 5.53. The van der Waals surface area contributed by atoms with Crippen LogP contribution in [0.3, 0.4) is 0 Å². The highest BCUT2D eigenvalue weighted by atomic mass is 35.5. The van der Waals surface area contributed by atoms with E-state index in [-0.39, 0.29) is 12.1 Å². The first-order valence-corrected chi connectivity index (χ1v) is 10.3. The highest BCUT2D eigenvalue weighted by Gasteiger charge is 2.41. The number of nitrogens with zero attached hydrogens (tertiary/aromatic N) is 5. The average molecular weight is 446 g/mol. The van der Waals surface area contributed by atoms with Crippen molar-refractivity contribution in [2.45, 2.75) is 45.4 Å². The van der Waals surface area contributed by atoms with Gasteiger partial charge in [-0.3, -0.25) is 4.68 Å². The smallest absolute Gasteiger partial charge is 0.137 e. The Morgan fingerprint density at radius 3 is 2.65 bits per heavy atom. The Bertz CT molecular complexity index is 1240. The van der Waals surface area contributed by atoms with Crippen molar-refractivity contribution in [1.29, 1.82) is 0 Å². The predicted molar refractivity (Wildman–Crippen MR) is 114 cm³/mol. The summed E-state index contributed by atoms with van der Waals surface area (Å²) in [5.74, 6) is -1.57. The van der Waals surface area contributed by atoms with E-state index in [9.17, 15) is 13.9 Å². The number of aliphatic hydroxyl groups is 1. The van der Waals surface area contributed by atoms with Crippen molar-refractivity contribution in [2.75, 3.05) is 0 Å². The second-order valence-corrected chi connectivity index (χ2v) is 8.11. The van der Waals surface area contributed by atoms with Crippen molar-refractivity contribution in [1.82, 2.24) is 24.5 Å². The van der Waals surface area contributed by atoms with Crippen molar-refractivity contribution in [3.05, 3.63) is 76.5 Å². The Morgan fingerprint density at radius 1 is 1.23 bits per heavy atom. The molecular weight excluding hydrogens is 424 g/mol. The van der Waals surface area contributed by atoms with E-state index in [4.69, 9.17) is 11.6 Å². The van der Waals surface area contributed by atoms with Crippen LogP contribution < -0.4 is 0 Å². The molecule has 0 aliphatic carbocycles. The Morgan fingerprint density at radius 2 is 2.00 bits per heavy atom. The third kappa shape index (κ3) is 3.70. The fourth-order valence-electron chi connectivity index (χ4n) is 4.07. The summed E-state index contributed by atoms with van der Waals surface area (Å²) < 4.78 is 31.5. The van der Waals surface area contributed by atoms with Crippen molar-refractivity contribution in [3.63, 3.8) is 0 Å². The highest BCUT2D eigenvalue weighted by molar-refractivity contribution is 6.35. The summed E-state index contributed by atoms with van der Waals surface area (Å²) in [6.45, 7) is 5.56. The molecule has 31 heavy (non-hydrogen) atoms. The van der Waals surface area contributed by atoms with Crippen LogP contribution in [0.15, 0.2) is 43.0 Å². The van der Waals surface area contributed by atoms with Crippen LogP contribution in [-0.4, -0.2) is 29.7 Å². The van der Waals surface area contributed by atoms with Crippen LogP contribution in [0.2, 0.25) is 5.02 Å². The number of halogens is 3. The quantitative estimate of drug-likeness (QED) is 0.471. The van der Waals surface area contributed by atoms with Gasteiger partial charge in [0.2, 0.25) is 0 Å². The van der Waals surface area contributed by atoms with E-state index in [1.165, 1.54) is 23.4 Å². The fourth-order valence-corrected chi connectivity index (χ4v) is 4.38. The molecule has 0 aliphatic heterocycles. The van der Waals surface area contributed by atoms with E-state index in [1.807, 2.05) is 26.0 Å². The molecule has 2 aromatic carbocycles. The number of hydrogen-bond donors (Lipinski definition) is 1. The third-order valence-corrected chi connectivity index (χ3v) is 5.95. The molecule has 4 aromatic rings. The van der Waals surface area contributed by atoms with Crippen LogP contribution in [0.1, 0.15) is 36.7 Å². The first kappa shape index (κ1) is 21.4. The summed E-state index contributed by atoms with van der Waals surface area (Å²) >= 11 is 6.44. The lowest BCUT2D eigenvalue weighted by atomic mass is 9.86. The van der Waals surface area contributed by atoms with Crippen LogP contribution in [0, 0.1) is 18.6 Å². The molecule has 0 spiro atoms. The minimum atomic E-state index is -1.81. The number of fused-ring (bicyclic) bond motifs is 1. The number of aromatic nitrogens is 5. The summed E-state index contributed by atoms with van der Waals surface area (Å²) in [5, 5.41) is 22.0. The molecule has 2 heterocycles. The third-order valence-electron chi connectivity index (χ3n) is 5.66. The standard InChI is InChI=1S/C22H22ClF2N5O/c1-4-20-16-7-13(2)8-18(23)21(16)28-30(20)14(3)22(31,10-29-12-26-11-27-29)17-6-5-15(24)9-19(17)25/h5-9,11-12,14,31H,4,10H2,1-3H3/t14-,22-/m1/s1. The summed E-state index contributed by atoms with van der Waals surface area (Å²) in [6.07, 6.45) is 3.37. The SMILES string of the molecule is CCc1c2cc(C)cc(Cl)c2nn1[C@H](C)[C@](O)(Cn1cncn1)c1ccc(F)cc1F. The summed E-state index contributed by atoms with van der Waals surface area (Å²) in [7, 11) is 0. The van der Waals surface area contributed by atoms with Crippen molar-refractivity contribution in [3.8, 4) is 0 Å². The van der Waals surface area contributed by atoms with Gasteiger partial charge in [0.15, 0.2) is 0 Å². The molecule has 2 aromatic heterocycles. The van der Waals surface area contributed by atoms with Crippen LogP contribution in [0.25, 0.3) is 10.9 Å². The molecule has 0 fully saturated rings. The van der Waals surface area contributed by atoms with Crippen LogP contribution >= 0.6 is 11.6 Å². The van der Waals surface area contributed by atoms with E-state index >= 15 is 0 Å². The Labute approximate surface area is 183 Å². The second-order valence-electron chi connectivity index (χ2n) is 7.71. The lowest BCUT2D eigenvalue weighted by Gasteiger charge is -2.35. The molecule has 6 nitrogen and oxygen atoms in total. The molecule has 2 atom stereocenters. The van der Waals surface area contributed by atoms with E-state index in [0.717, 1.165) is 28.8 Å². The predicted octanol–water partition coefficient (Wildman–Crippen LogP) is 4.58. The zero-order valence-corrected chi connectivity index (χ0v) is 18.1. The molecule has 0 bridgehead atoms. The van der Waals surface area contributed by atoms with Crippen molar-refractivity contribution >= 4 is 22.5 Å². The number of rotatable bonds is 6. The van der Waals surface area contributed by atoms with Gasteiger partial charge < -0.3 is 5.11 Å². The molecule has 0 saturated heterocycles. The van der Waals surface area contributed by atoms with Gasteiger partial charge in [0, 0.05) is 22.7 Å². The summed E-state index contributed by atoms with van der Waals surface area (Å²) in [6, 6.07) is 6.21. The maximum Gasteiger partial charge on any atom is 0.137 e. The maximum absolute atomic E-state index is 14.9. The summed E-state index contributed by atoms with van der Waals surface area (Å²) in [5.41, 5.74) is 0.591. The Balaban J connectivity index is 1.92. The van der Waals surface area contributed by atoms with Gasteiger partial charge in [-0.25, -0.2) is 18.4 Å². The normalized spacial score (nSPS) is 14.7. The van der Waals surface area contributed by atoms with E-state index < -0.39 is 23.3 Å². The number of aryl methyl sites for hydroxylation is 2. The molecule has 0 saturated carbocycles. The van der Waals surface area contributed by atoms with Gasteiger partial charge in [0.1, 0.15) is 35.4 Å². The van der Waals surface area contributed by atoms with Crippen molar-refractivity contribution < 1.29 is 13.9 Å². The minimum absolute atomic E-state index is 0.0548. The topological polar surface area (TPSA) is 68.8 Å². The molecular formula is C22H22ClF2N5O. The summed E-state index contributed by atoms with van der Waals surface area (Å²) in [4.78, 5) is 3.91. The van der Waals surface area contributed by atoms with E-state index in [0.29, 0.717) is 17.0 Å². The molecule has 1 N–H and O–H groups in total. The van der Waals surface area contributed by atoms with E-state index in [1.54, 1.807) is 11.6 Å². The zero-order valence-electron chi connectivity index (χ0n) is 17.4. The minimum Gasteiger partial charge on any atom is -0.381 e. The van der Waals surface area contributed by atoms with Crippen molar-refractivity contribution in [2.24, 2.45) is 0 Å². The van der Waals surface area contributed by atoms with Crippen LogP contribution in [-0.2, 0) is 18.6 Å². The second kappa shape index (κ2) is 8.01. The molecule has 9 heteroatoms. The zero-order chi connectivity index (χ0) is 22.3. The number of hydrogen-bond acceptors (Lipinski definition) is 4. The van der Waals surface area contributed by atoms with E-state index in [2.05, 4.69) is 15.2 Å². The molecule has 0 unspecified atom stereocenters. The largest absolute Gasteiger partial charge is 0.381 e. The Hall–Kier alpha value is -2.84. The van der Waals surface area contributed by atoms with Gasteiger partial charge in [-0.2, -0.15) is 10.2 Å². The maximum atomic E-state index is 14.9. The van der Waals surface area contributed by atoms with Crippen LogP contribution in [0.5, 0.6) is 0 Å². The molecule has 4 rings (SSSR count). The highest BCUT2D eigenvalue weighted by Crippen LogP contribution is 2.39. The monoisotopic (exact) mass is 445 g/mol. The molecule has 0 radical (unpaired) electrons. The van der Waals surface area contributed by atoms with Crippen LogP contribution in [0.4, 0.5) is 8.78 Å². The molecule has 162 valence electrons. The van der Waals surface area contributed by atoms with Gasteiger partial charge in [0.05, 0.1) is 17.6 Å². The van der Waals surface area contributed by atoms with Gasteiger partial charge in [-0.05, 0) is 44.0 Å². The first-order valence-electron chi connectivity index (χ1n) is 9.92. The lowest BCUT2D eigenvalue weighted by molar-refractivity contribution is -0.0374. The van der Waals surface area contributed by atoms with Gasteiger partial charge in [-0.1, -0.05) is 24.6 Å². The number of benzene rings is 2.